The van der Waals surface area contributed by atoms with Crippen molar-refractivity contribution in [3.63, 3.8) is 0 Å². The number of carbonyl (C=O) groups is 2. The Morgan fingerprint density at radius 2 is 1.69 bits per heavy atom. The molecular weight excluding hydrogens is 598 g/mol. The number of hydrogen-bond donors (Lipinski definition) is 0. The Morgan fingerprint density at radius 1 is 0.956 bits per heavy atom. The summed E-state index contributed by atoms with van der Waals surface area (Å²) in [5.41, 5.74) is 1.76. The van der Waals surface area contributed by atoms with Crippen LogP contribution in [0.25, 0.3) is 6.08 Å². The number of fused-ring (bicyclic) bond motifs is 1. The number of carbonyl (C=O) groups excluding carboxylic acids is 2. The fraction of sp³-hybridized carbons (Fsp3) is 0.394. The molecule has 45 heavy (non-hydrogen) atoms. The van der Waals surface area contributed by atoms with Gasteiger partial charge in [0.1, 0.15) is 0 Å². The van der Waals surface area contributed by atoms with Gasteiger partial charge in [-0.25, -0.2) is 9.79 Å². The predicted octanol–water partition coefficient (Wildman–Crippen LogP) is 3.22. The van der Waals surface area contributed by atoms with Crippen molar-refractivity contribution in [2.45, 2.75) is 39.7 Å². The number of likely N-dealkylation sites (tertiary alicyclic amines) is 1. The molecule has 1 aromatic heterocycles. The van der Waals surface area contributed by atoms with Gasteiger partial charge in [-0.1, -0.05) is 23.5 Å². The second kappa shape index (κ2) is 14.0. The largest absolute Gasteiger partial charge is 0.493 e. The van der Waals surface area contributed by atoms with Crippen LogP contribution >= 0.6 is 11.3 Å². The van der Waals surface area contributed by atoms with E-state index in [-0.39, 0.29) is 30.3 Å². The summed E-state index contributed by atoms with van der Waals surface area (Å²) in [4.78, 5) is 46.7. The molecule has 1 atom stereocenters. The highest BCUT2D eigenvalue weighted by Gasteiger charge is 2.34. The van der Waals surface area contributed by atoms with Gasteiger partial charge in [0.05, 0.1) is 49.3 Å². The molecular formula is C33H37N3O8S. The number of thiazole rings is 1. The normalized spacial score (nSPS) is 16.2. The lowest BCUT2D eigenvalue weighted by molar-refractivity contribution is -0.139. The number of methoxy groups -OCH3 is 2. The zero-order chi connectivity index (χ0) is 32.1. The van der Waals surface area contributed by atoms with Gasteiger partial charge in [-0.2, -0.15) is 0 Å². The number of amides is 1. The van der Waals surface area contributed by atoms with E-state index in [1.807, 2.05) is 6.92 Å². The van der Waals surface area contributed by atoms with Crippen LogP contribution in [-0.2, 0) is 14.3 Å². The van der Waals surface area contributed by atoms with E-state index in [1.165, 1.54) is 23.0 Å². The minimum Gasteiger partial charge on any atom is -0.493 e. The lowest BCUT2D eigenvalue weighted by Gasteiger charge is -2.25. The number of ether oxygens (including phenoxy) is 5. The standard InChI is InChI=1S/C33H37N3O8S/c1-6-42-26-16-21(10-12-24(26)44-19-28(37)35-14-8-9-15-35)17-27-31(38)36-30(22-11-13-23(40-4)25(18-22)41-5)29(32(39)43-7-2)20(3)34-33(36)45-27/h10-13,16-18,30H,6-9,14-15,19H2,1-5H3/b27-17+/t30-/m1/s1. The van der Waals surface area contributed by atoms with E-state index in [1.54, 1.807) is 68.3 Å². The maximum Gasteiger partial charge on any atom is 0.338 e. The highest BCUT2D eigenvalue weighted by atomic mass is 32.1. The zero-order valence-electron chi connectivity index (χ0n) is 26.1. The van der Waals surface area contributed by atoms with E-state index in [9.17, 15) is 14.4 Å². The van der Waals surface area contributed by atoms with Crippen molar-refractivity contribution in [1.29, 1.82) is 0 Å². The minimum absolute atomic E-state index is 0.0540. The number of allylic oxidation sites excluding steroid dienone is 1. The van der Waals surface area contributed by atoms with E-state index in [2.05, 4.69) is 4.99 Å². The van der Waals surface area contributed by atoms with Crippen molar-refractivity contribution in [1.82, 2.24) is 9.47 Å². The van der Waals surface area contributed by atoms with Gasteiger partial charge in [0, 0.05) is 13.1 Å². The first-order chi connectivity index (χ1) is 21.8. The topological polar surface area (TPSA) is 118 Å². The Morgan fingerprint density at radius 3 is 2.38 bits per heavy atom. The van der Waals surface area contributed by atoms with Crippen molar-refractivity contribution in [2.24, 2.45) is 4.99 Å². The third-order valence-corrected chi connectivity index (χ3v) is 8.60. The summed E-state index contributed by atoms with van der Waals surface area (Å²) in [6.07, 6.45) is 3.77. The van der Waals surface area contributed by atoms with E-state index in [4.69, 9.17) is 23.7 Å². The van der Waals surface area contributed by atoms with Crippen LogP contribution in [0.5, 0.6) is 23.0 Å². The van der Waals surface area contributed by atoms with Crippen molar-refractivity contribution in [3.8, 4) is 23.0 Å². The quantitative estimate of drug-likeness (QED) is 0.295. The molecule has 5 rings (SSSR count). The molecule has 0 bridgehead atoms. The predicted molar refractivity (Wildman–Crippen MR) is 169 cm³/mol. The van der Waals surface area contributed by atoms with Crippen LogP contribution < -0.4 is 33.8 Å². The third kappa shape index (κ3) is 6.60. The van der Waals surface area contributed by atoms with E-state index in [0.29, 0.717) is 55.8 Å². The maximum absolute atomic E-state index is 14.0. The first-order valence-electron chi connectivity index (χ1n) is 14.9. The number of rotatable bonds is 11. The van der Waals surface area contributed by atoms with Crippen LogP contribution in [0.2, 0.25) is 0 Å². The van der Waals surface area contributed by atoms with Crippen molar-refractivity contribution in [3.05, 3.63) is 78.5 Å². The molecule has 0 saturated carbocycles. The second-order valence-corrected chi connectivity index (χ2v) is 11.4. The number of nitrogens with zero attached hydrogens (tertiary/aromatic N) is 3. The van der Waals surface area contributed by atoms with Crippen LogP contribution in [0.15, 0.2) is 57.5 Å². The summed E-state index contributed by atoms with van der Waals surface area (Å²) in [5.74, 6) is 1.30. The lowest BCUT2D eigenvalue weighted by atomic mass is 9.95. The third-order valence-electron chi connectivity index (χ3n) is 7.62. The second-order valence-electron chi connectivity index (χ2n) is 10.4. The maximum atomic E-state index is 14.0. The van der Waals surface area contributed by atoms with Gasteiger partial charge in [0.25, 0.3) is 11.5 Å². The van der Waals surface area contributed by atoms with Crippen molar-refractivity contribution in [2.75, 3.05) is 47.1 Å². The molecule has 0 unspecified atom stereocenters. The molecule has 3 aromatic rings. The van der Waals surface area contributed by atoms with Crippen LogP contribution in [0.4, 0.5) is 0 Å². The van der Waals surface area contributed by atoms with E-state index in [0.717, 1.165) is 25.9 Å². The summed E-state index contributed by atoms with van der Waals surface area (Å²) < 4.78 is 29.9. The highest BCUT2D eigenvalue weighted by molar-refractivity contribution is 7.07. The summed E-state index contributed by atoms with van der Waals surface area (Å²) in [5, 5.41) is 0. The van der Waals surface area contributed by atoms with E-state index >= 15 is 0 Å². The Bertz CT molecular complexity index is 1800. The number of hydrogen-bond acceptors (Lipinski definition) is 10. The van der Waals surface area contributed by atoms with Gasteiger partial charge >= 0.3 is 5.97 Å². The summed E-state index contributed by atoms with van der Waals surface area (Å²) in [6, 6.07) is 9.80. The van der Waals surface area contributed by atoms with Gasteiger partial charge in [0.2, 0.25) is 0 Å². The van der Waals surface area contributed by atoms with Gasteiger partial charge in [-0.15, -0.1) is 0 Å². The molecule has 0 radical (unpaired) electrons. The lowest BCUT2D eigenvalue weighted by Crippen LogP contribution is -2.40. The van der Waals surface area contributed by atoms with Gasteiger partial charge < -0.3 is 28.6 Å². The molecule has 1 saturated heterocycles. The average molecular weight is 636 g/mol. The molecule has 2 aromatic carbocycles. The average Bonchev–Trinajstić information content (AvgIpc) is 3.68. The SMILES string of the molecule is CCOC(=O)C1=C(C)N=c2s/c(=C/c3ccc(OCC(=O)N4CCCC4)c(OCC)c3)c(=O)n2[C@@H]1c1ccc(OC)c(OC)c1. The summed E-state index contributed by atoms with van der Waals surface area (Å²) >= 11 is 1.22. The molecule has 1 fully saturated rings. The van der Waals surface area contributed by atoms with Gasteiger partial charge in [0.15, 0.2) is 34.4 Å². The van der Waals surface area contributed by atoms with Gasteiger partial charge in [-0.3, -0.25) is 14.2 Å². The Labute approximate surface area is 265 Å². The minimum atomic E-state index is -0.801. The van der Waals surface area contributed by atoms with Crippen LogP contribution in [0.1, 0.15) is 50.8 Å². The first kappa shape index (κ1) is 31.8. The van der Waals surface area contributed by atoms with Crippen LogP contribution in [0.3, 0.4) is 0 Å². The molecule has 238 valence electrons. The molecule has 0 aliphatic carbocycles. The molecule has 11 nitrogen and oxygen atoms in total. The fourth-order valence-corrected chi connectivity index (χ4v) is 6.53. The van der Waals surface area contributed by atoms with Crippen molar-refractivity contribution >= 4 is 29.3 Å². The molecule has 12 heteroatoms. The smallest absolute Gasteiger partial charge is 0.338 e. The number of aromatic nitrogens is 1. The Hall–Kier alpha value is -4.58. The molecule has 3 heterocycles. The zero-order valence-corrected chi connectivity index (χ0v) is 26.9. The molecule has 0 spiro atoms. The molecule has 2 aliphatic heterocycles. The monoisotopic (exact) mass is 635 g/mol. The number of benzene rings is 2. The molecule has 0 N–H and O–H groups in total. The summed E-state index contributed by atoms with van der Waals surface area (Å²) in [6.45, 7) is 7.33. The summed E-state index contributed by atoms with van der Waals surface area (Å²) in [7, 11) is 3.07. The van der Waals surface area contributed by atoms with Crippen LogP contribution in [-0.4, -0.2) is 68.5 Å². The van der Waals surface area contributed by atoms with Crippen molar-refractivity contribution < 1.29 is 33.3 Å². The van der Waals surface area contributed by atoms with E-state index < -0.39 is 12.0 Å². The molecule has 1 amide bonds. The molecule has 2 aliphatic rings. The Kier molecular flexibility index (Phi) is 9.92. The first-order valence-corrected chi connectivity index (χ1v) is 15.7. The Balaban J connectivity index is 1.55. The fourth-order valence-electron chi connectivity index (χ4n) is 5.48. The van der Waals surface area contributed by atoms with Gasteiger partial charge in [-0.05, 0) is 75.1 Å². The highest BCUT2D eigenvalue weighted by Crippen LogP contribution is 2.36. The van der Waals surface area contributed by atoms with Crippen LogP contribution in [0, 0.1) is 0 Å². The number of esters is 1.